The van der Waals surface area contributed by atoms with E-state index >= 15 is 0 Å². The van der Waals surface area contributed by atoms with Crippen molar-refractivity contribution in [1.29, 1.82) is 0 Å². The number of rotatable bonds is 3. The molecule has 1 aromatic heterocycles. The van der Waals surface area contributed by atoms with Gasteiger partial charge in [0.2, 0.25) is 0 Å². The van der Waals surface area contributed by atoms with Gasteiger partial charge in [0.15, 0.2) is 5.88 Å². The van der Waals surface area contributed by atoms with Crippen LogP contribution in [0.5, 0.6) is 5.88 Å². The maximum absolute atomic E-state index is 10.2. The molecule has 2 heteroatoms. The van der Waals surface area contributed by atoms with Gasteiger partial charge in [-0.3, -0.25) is 0 Å². The second-order valence-electron chi connectivity index (χ2n) is 4.53. The molecule has 0 amide bonds. The number of aromatic hydroxyl groups is 1. The Morgan fingerprint density at radius 2 is 2.06 bits per heavy atom. The molecule has 1 heterocycles. The van der Waals surface area contributed by atoms with Crippen molar-refractivity contribution in [3.63, 3.8) is 0 Å². The fourth-order valence-electron chi connectivity index (χ4n) is 2.28. The smallest absolute Gasteiger partial charge is 0.199 e. The minimum Gasteiger partial charge on any atom is -0.494 e. The molecule has 1 unspecified atom stereocenters. The highest BCUT2D eigenvalue weighted by molar-refractivity contribution is 5.90. The van der Waals surface area contributed by atoms with Crippen molar-refractivity contribution in [2.45, 2.75) is 39.7 Å². The molecule has 0 saturated heterocycles. The molecule has 86 valence electrons. The Balaban J connectivity index is 2.55. The Kier molecular flexibility index (Phi) is 2.90. The van der Waals surface area contributed by atoms with Crippen molar-refractivity contribution < 1.29 is 5.11 Å². The minimum absolute atomic E-state index is 0.358. The molecule has 0 aliphatic heterocycles. The van der Waals surface area contributed by atoms with Crippen molar-refractivity contribution in [3.8, 4) is 5.88 Å². The number of benzene rings is 1. The maximum atomic E-state index is 10.2. The Labute approximate surface area is 96.5 Å². The molecule has 0 bridgehead atoms. The molecular weight excluding hydrogens is 198 g/mol. The van der Waals surface area contributed by atoms with Crippen molar-refractivity contribution >= 4 is 10.8 Å². The van der Waals surface area contributed by atoms with Crippen LogP contribution in [0.2, 0.25) is 0 Å². The summed E-state index contributed by atoms with van der Waals surface area (Å²) < 4.78 is 1.99. The Hall–Kier alpha value is -1.44. The van der Waals surface area contributed by atoms with Crippen molar-refractivity contribution in [1.82, 2.24) is 4.57 Å². The van der Waals surface area contributed by atoms with Crippen molar-refractivity contribution in [2.24, 2.45) is 0 Å². The number of nitrogens with zero attached hydrogens (tertiary/aromatic N) is 1. The van der Waals surface area contributed by atoms with E-state index in [2.05, 4.69) is 33.0 Å². The van der Waals surface area contributed by atoms with E-state index < -0.39 is 0 Å². The summed E-state index contributed by atoms with van der Waals surface area (Å²) in [5.74, 6) is 0.402. The summed E-state index contributed by atoms with van der Waals surface area (Å²) in [6.07, 6.45) is 4.29. The van der Waals surface area contributed by atoms with E-state index in [0.717, 1.165) is 23.6 Å². The molecule has 1 N–H and O–H groups in total. The van der Waals surface area contributed by atoms with E-state index in [-0.39, 0.29) is 0 Å². The number of fused-ring (bicyclic) bond motifs is 1. The summed E-state index contributed by atoms with van der Waals surface area (Å²) in [4.78, 5) is 0. The Bertz CT molecular complexity index is 499. The van der Waals surface area contributed by atoms with Crippen LogP contribution in [-0.2, 0) is 0 Å². The molecule has 16 heavy (non-hydrogen) atoms. The molecule has 0 spiro atoms. The lowest BCUT2D eigenvalue weighted by molar-refractivity contribution is 0.384. The molecule has 0 saturated carbocycles. The second kappa shape index (κ2) is 4.20. The third-order valence-corrected chi connectivity index (χ3v) is 3.26. The zero-order valence-corrected chi connectivity index (χ0v) is 10.2. The van der Waals surface area contributed by atoms with Crippen LogP contribution in [-0.4, -0.2) is 9.67 Å². The molecule has 0 radical (unpaired) electrons. The van der Waals surface area contributed by atoms with Gasteiger partial charge in [-0.15, -0.1) is 0 Å². The van der Waals surface area contributed by atoms with Crippen LogP contribution < -0.4 is 0 Å². The zero-order valence-electron chi connectivity index (χ0n) is 10.2. The van der Waals surface area contributed by atoms with Crippen LogP contribution >= 0.6 is 0 Å². The highest BCUT2D eigenvalue weighted by Gasteiger charge is 2.13. The summed E-state index contributed by atoms with van der Waals surface area (Å²) >= 11 is 0. The molecule has 1 aromatic carbocycles. The van der Waals surface area contributed by atoms with Crippen LogP contribution in [0.15, 0.2) is 24.4 Å². The number of aryl methyl sites for hydroxylation is 1. The Morgan fingerprint density at radius 1 is 1.31 bits per heavy atom. The van der Waals surface area contributed by atoms with E-state index in [4.69, 9.17) is 0 Å². The van der Waals surface area contributed by atoms with Gasteiger partial charge in [0.05, 0.1) is 0 Å². The van der Waals surface area contributed by atoms with Gasteiger partial charge in [0, 0.05) is 23.0 Å². The minimum atomic E-state index is 0.358. The van der Waals surface area contributed by atoms with Crippen LogP contribution in [0.1, 0.15) is 38.3 Å². The maximum Gasteiger partial charge on any atom is 0.199 e. The van der Waals surface area contributed by atoms with Crippen LogP contribution in [0.25, 0.3) is 10.8 Å². The van der Waals surface area contributed by atoms with E-state index in [1.165, 1.54) is 5.56 Å². The standard InChI is InChI=1S/C14H19NO/c1-4-6-11(3)15-9-13-10(2)7-5-8-12(13)14(15)16/h5,7-9,11,16H,4,6H2,1-3H3. The van der Waals surface area contributed by atoms with E-state index in [1.807, 2.05) is 16.7 Å². The average Bonchev–Trinajstić information content (AvgIpc) is 2.59. The third-order valence-electron chi connectivity index (χ3n) is 3.26. The lowest BCUT2D eigenvalue weighted by atomic mass is 10.1. The molecule has 0 aliphatic rings. The number of aromatic nitrogens is 1. The highest BCUT2D eigenvalue weighted by atomic mass is 16.3. The van der Waals surface area contributed by atoms with E-state index in [0.29, 0.717) is 11.9 Å². The van der Waals surface area contributed by atoms with Gasteiger partial charge in [-0.05, 0) is 31.9 Å². The number of hydrogen-bond donors (Lipinski definition) is 1. The lowest BCUT2D eigenvalue weighted by Crippen LogP contribution is -2.02. The summed E-state index contributed by atoms with van der Waals surface area (Å²) in [5, 5.41) is 12.3. The first-order valence-corrected chi connectivity index (χ1v) is 5.94. The highest BCUT2D eigenvalue weighted by Crippen LogP contribution is 2.32. The molecule has 0 fully saturated rings. The van der Waals surface area contributed by atoms with Crippen molar-refractivity contribution in [2.75, 3.05) is 0 Å². The topological polar surface area (TPSA) is 25.2 Å². The predicted octanol–water partition coefficient (Wildman–Crippen LogP) is 4.02. The third kappa shape index (κ3) is 1.69. The van der Waals surface area contributed by atoms with Gasteiger partial charge in [-0.2, -0.15) is 0 Å². The summed E-state index contributed by atoms with van der Waals surface area (Å²) in [6, 6.07) is 6.41. The van der Waals surface area contributed by atoms with Gasteiger partial charge in [0.25, 0.3) is 0 Å². The molecule has 1 atom stereocenters. The molecular formula is C14H19NO. The monoisotopic (exact) mass is 217 g/mol. The molecule has 2 nitrogen and oxygen atoms in total. The van der Waals surface area contributed by atoms with Gasteiger partial charge in [-0.25, -0.2) is 0 Å². The fraction of sp³-hybridized carbons (Fsp3) is 0.429. The largest absolute Gasteiger partial charge is 0.494 e. The molecule has 0 aliphatic carbocycles. The van der Waals surface area contributed by atoms with Gasteiger partial charge in [0.1, 0.15) is 0 Å². The van der Waals surface area contributed by atoms with Crippen LogP contribution in [0, 0.1) is 6.92 Å². The zero-order chi connectivity index (χ0) is 11.7. The van der Waals surface area contributed by atoms with Crippen LogP contribution in [0.3, 0.4) is 0 Å². The number of hydrogen-bond acceptors (Lipinski definition) is 1. The van der Waals surface area contributed by atoms with E-state index in [9.17, 15) is 5.11 Å². The normalized spacial score (nSPS) is 13.2. The van der Waals surface area contributed by atoms with Gasteiger partial charge in [-0.1, -0.05) is 25.5 Å². The SMILES string of the molecule is CCCC(C)n1cc2c(C)cccc2c1O. The van der Waals surface area contributed by atoms with Crippen LogP contribution in [0.4, 0.5) is 0 Å². The first-order valence-electron chi connectivity index (χ1n) is 5.94. The quantitative estimate of drug-likeness (QED) is 0.825. The first-order chi connectivity index (χ1) is 7.65. The summed E-state index contributed by atoms with van der Waals surface area (Å²) in [6.45, 7) is 6.40. The molecule has 2 aromatic rings. The molecule has 2 rings (SSSR count). The van der Waals surface area contributed by atoms with E-state index in [1.54, 1.807) is 0 Å². The van der Waals surface area contributed by atoms with Gasteiger partial charge < -0.3 is 9.67 Å². The average molecular weight is 217 g/mol. The predicted molar refractivity (Wildman–Crippen MR) is 68.0 cm³/mol. The lowest BCUT2D eigenvalue weighted by Gasteiger charge is -2.13. The summed E-state index contributed by atoms with van der Waals surface area (Å²) in [5.41, 5.74) is 1.22. The fourth-order valence-corrected chi connectivity index (χ4v) is 2.28. The summed E-state index contributed by atoms with van der Waals surface area (Å²) in [7, 11) is 0. The first kappa shape index (κ1) is 11.1. The Morgan fingerprint density at radius 3 is 2.69 bits per heavy atom. The van der Waals surface area contributed by atoms with Gasteiger partial charge >= 0.3 is 0 Å². The van der Waals surface area contributed by atoms with Crippen molar-refractivity contribution in [3.05, 3.63) is 30.0 Å². The second-order valence-corrected chi connectivity index (χ2v) is 4.53.